The van der Waals surface area contributed by atoms with Gasteiger partial charge < -0.3 is 9.26 Å². The van der Waals surface area contributed by atoms with E-state index in [-0.39, 0.29) is 6.04 Å². The summed E-state index contributed by atoms with van der Waals surface area (Å²) < 4.78 is 13.6. The van der Waals surface area contributed by atoms with Crippen LogP contribution in [-0.4, -0.2) is 26.3 Å². The van der Waals surface area contributed by atoms with Crippen LogP contribution >= 0.6 is 11.6 Å². The maximum absolute atomic E-state index is 6.50. The van der Waals surface area contributed by atoms with Crippen molar-refractivity contribution in [1.82, 2.24) is 19.7 Å². The molecule has 0 N–H and O–H groups in total. The van der Waals surface area contributed by atoms with Gasteiger partial charge in [-0.25, -0.2) is 4.98 Å². The molecule has 130 valence electrons. The average molecular weight is 367 g/mol. The highest BCUT2D eigenvalue weighted by Gasteiger charge is 2.31. The van der Waals surface area contributed by atoms with E-state index in [1.807, 2.05) is 48.7 Å². The van der Waals surface area contributed by atoms with Crippen molar-refractivity contribution in [3.05, 3.63) is 59.0 Å². The minimum absolute atomic E-state index is 0.124. The Bertz CT molecular complexity index is 1110. The summed E-state index contributed by atoms with van der Waals surface area (Å²) in [6, 6.07) is 9.63. The number of halogens is 1. The van der Waals surface area contributed by atoms with Crippen LogP contribution in [0.4, 0.5) is 0 Å². The van der Waals surface area contributed by atoms with Crippen LogP contribution in [0.2, 0.25) is 5.28 Å². The van der Waals surface area contributed by atoms with Gasteiger partial charge in [-0.3, -0.25) is 9.55 Å². The number of pyridine rings is 1. The molecule has 0 radical (unpaired) electrons. The standard InChI is InChI=1S/C19H15ClN4O2/c1-10-16(11(2)26-23-10)12-6-7-14-17-18(12)25-9-15(24(17)19(20)22-14)13-5-3-4-8-21-13/h3-8,15H,9H2,1-2H3/t15-/m1/s1. The normalized spacial score (nSPS) is 16.0. The third-order valence-corrected chi connectivity index (χ3v) is 5.06. The molecule has 7 heteroatoms. The van der Waals surface area contributed by atoms with Crippen molar-refractivity contribution in [1.29, 1.82) is 0 Å². The predicted octanol–water partition coefficient (Wildman–Crippen LogP) is 4.34. The number of ether oxygens (including phenoxy) is 1. The topological polar surface area (TPSA) is 66.0 Å². The third-order valence-electron chi connectivity index (χ3n) is 4.79. The lowest BCUT2D eigenvalue weighted by Gasteiger charge is -2.27. The largest absolute Gasteiger partial charge is 0.488 e. The second-order valence-electron chi connectivity index (χ2n) is 6.34. The van der Waals surface area contributed by atoms with Crippen LogP contribution in [-0.2, 0) is 0 Å². The van der Waals surface area contributed by atoms with Crippen molar-refractivity contribution < 1.29 is 9.26 Å². The molecule has 5 rings (SSSR count). The van der Waals surface area contributed by atoms with Gasteiger partial charge in [0.2, 0.25) is 5.28 Å². The van der Waals surface area contributed by atoms with Gasteiger partial charge in [0.25, 0.3) is 0 Å². The van der Waals surface area contributed by atoms with Crippen LogP contribution in [0.15, 0.2) is 41.1 Å². The van der Waals surface area contributed by atoms with Gasteiger partial charge in [0.1, 0.15) is 23.9 Å². The van der Waals surface area contributed by atoms with Crippen molar-refractivity contribution >= 4 is 22.6 Å². The lowest BCUT2D eigenvalue weighted by atomic mass is 10.0. The van der Waals surface area contributed by atoms with E-state index in [4.69, 9.17) is 20.9 Å². The van der Waals surface area contributed by atoms with Crippen LogP contribution in [0.3, 0.4) is 0 Å². The highest BCUT2D eigenvalue weighted by atomic mass is 35.5. The van der Waals surface area contributed by atoms with Crippen molar-refractivity contribution in [2.75, 3.05) is 6.61 Å². The molecule has 1 aromatic carbocycles. The van der Waals surface area contributed by atoms with Crippen molar-refractivity contribution in [2.45, 2.75) is 19.9 Å². The Kier molecular flexibility index (Phi) is 3.30. The Morgan fingerprint density at radius 3 is 2.81 bits per heavy atom. The zero-order valence-electron chi connectivity index (χ0n) is 14.2. The van der Waals surface area contributed by atoms with E-state index in [1.54, 1.807) is 6.20 Å². The molecule has 0 bridgehead atoms. The van der Waals surface area contributed by atoms with Gasteiger partial charge in [0.05, 0.1) is 22.5 Å². The molecule has 0 unspecified atom stereocenters. The number of imidazole rings is 1. The molecule has 4 aromatic rings. The smallest absolute Gasteiger partial charge is 0.204 e. The van der Waals surface area contributed by atoms with E-state index in [2.05, 4.69) is 15.1 Å². The molecular formula is C19H15ClN4O2. The Labute approximate surface area is 154 Å². The minimum atomic E-state index is -0.124. The molecule has 3 aromatic heterocycles. The highest BCUT2D eigenvalue weighted by molar-refractivity contribution is 6.29. The molecule has 4 heterocycles. The van der Waals surface area contributed by atoms with E-state index in [9.17, 15) is 0 Å². The maximum Gasteiger partial charge on any atom is 0.204 e. The zero-order chi connectivity index (χ0) is 17.8. The van der Waals surface area contributed by atoms with Gasteiger partial charge in [-0.1, -0.05) is 11.2 Å². The first-order chi connectivity index (χ1) is 12.6. The fourth-order valence-electron chi connectivity index (χ4n) is 3.65. The van der Waals surface area contributed by atoms with Crippen LogP contribution in [0.1, 0.15) is 23.2 Å². The van der Waals surface area contributed by atoms with E-state index >= 15 is 0 Å². The second kappa shape index (κ2) is 5.57. The van der Waals surface area contributed by atoms with Gasteiger partial charge in [0, 0.05) is 11.8 Å². The minimum Gasteiger partial charge on any atom is -0.488 e. The van der Waals surface area contributed by atoms with Crippen molar-refractivity contribution in [3.63, 3.8) is 0 Å². The number of nitrogens with zero attached hydrogens (tertiary/aromatic N) is 4. The molecule has 1 aliphatic heterocycles. The number of rotatable bonds is 2. The lowest BCUT2D eigenvalue weighted by Crippen LogP contribution is -2.24. The summed E-state index contributed by atoms with van der Waals surface area (Å²) in [5.74, 6) is 1.51. The van der Waals surface area contributed by atoms with Gasteiger partial charge in [-0.2, -0.15) is 0 Å². The SMILES string of the molecule is Cc1noc(C)c1-c1ccc2nc(Cl)n3c2c1OC[C@@H]3c1ccccn1. The van der Waals surface area contributed by atoms with Crippen molar-refractivity contribution in [2.24, 2.45) is 0 Å². The van der Waals surface area contributed by atoms with Gasteiger partial charge >= 0.3 is 0 Å². The number of benzene rings is 1. The highest BCUT2D eigenvalue weighted by Crippen LogP contribution is 2.44. The Morgan fingerprint density at radius 1 is 1.19 bits per heavy atom. The van der Waals surface area contributed by atoms with Crippen LogP contribution in [0.25, 0.3) is 22.2 Å². The van der Waals surface area contributed by atoms with E-state index in [0.717, 1.165) is 45.1 Å². The number of hydrogen-bond donors (Lipinski definition) is 0. The lowest BCUT2D eigenvalue weighted by molar-refractivity contribution is 0.257. The van der Waals surface area contributed by atoms with E-state index < -0.39 is 0 Å². The zero-order valence-corrected chi connectivity index (χ0v) is 15.0. The first-order valence-electron chi connectivity index (χ1n) is 8.32. The predicted molar refractivity (Wildman–Crippen MR) is 97.6 cm³/mol. The van der Waals surface area contributed by atoms with Crippen LogP contribution in [0, 0.1) is 13.8 Å². The van der Waals surface area contributed by atoms with E-state index in [1.165, 1.54) is 0 Å². The molecule has 0 aliphatic carbocycles. The fraction of sp³-hybridized carbons (Fsp3) is 0.211. The quantitative estimate of drug-likeness (QED) is 0.528. The molecule has 0 amide bonds. The Hall–Kier alpha value is -2.86. The Morgan fingerprint density at radius 2 is 2.08 bits per heavy atom. The average Bonchev–Trinajstić information content (AvgIpc) is 3.17. The summed E-state index contributed by atoms with van der Waals surface area (Å²) in [7, 11) is 0. The maximum atomic E-state index is 6.50. The number of hydrogen-bond acceptors (Lipinski definition) is 5. The number of aryl methyl sites for hydroxylation is 2. The van der Waals surface area contributed by atoms with Crippen molar-refractivity contribution in [3.8, 4) is 16.9 Å². The third kappa shape index (κ3) is 2.08. The molecule has 6 nitrogen and oxygen atoms in total. The molecule has 0 spiro atoms. The van der Waals surface area contributed by atoms with Gasteiger partial charge in [-0.15, -0.1) is 0 Å². The van der Waals surface area contributed by atoms with Gasteiger partial charge in [-0.05, 0) is 49.7 Å². The van der Waals surface area contributed by atoms with Gasteiger partial charge in [0.15, 0.2) is 5.75 Å². The summed E-state index contributed by atoms with van der Waals surface area (Å²) in [5, 5.41) is 4.49. The summed E-state index contributed by atoms with van der Waals surface area (Å²) in [6.07, 6.45) is 1.77. The van der Waals surface area contributed by atoms with Crippen LogP contribution in [0.5, 0.6) is 5.75 Å². The van der Waals surface area contributed by atoms with E-state index in [0.29, 0.717) is 11.9 Å². The Balaban J connectivity index is 1.79. The molecular weight excluding hydrogens is 352 g/mol. The summed E-state index contributed by atoms with van der Waals surface area (Å²) in [6.45, 7) is 4.25. The fourth-order valence-corrected chi connectivity index (χ4v) is 3.95. The molecule has 0 saturated heterocycles. The second-order valence-corrected chi connectivity index (χ2v) is 6.68. The summed E-state index contributed by atoms with van der Waals surface area (Å²) in [5.41, 5.74) is 5.26. The molecule has 1 atom stereocenters. The summed E-state index contributed by atoms with van der Waals surface area (Å²) in [4.78, 5) is 8.98. The molecule has 0 fully saturated rings. The number of aromatic nitrogens is 4. The van der Waals surface area contributed by atoms with Crippen LogP contribution < -0.4 is 4.74 Å². The monoisotopic (exact) mass is 366 g/mol. The summed E-state index contributed by atoms with van der Waals surface area (Å²) >= 11 is 6.50. The first-order valence-corrected chi connectivity index (χ1v) is 8.70. The molecule has 1 aliphatic rings. The molecule has 0 saturated carbocycles. The molecule has 26 heavy (non-hydrogen) atoms. The first kappa shape index (κ1) is 15.4.